The number of rotatable bonds is 4. The van der Waals surface area contributed by atoms with E-state index >= 15 is 0 Å². The van der Waals surface area contributed by atoms with Gasteiger partial charge in [0.25, 0.3) is 0 Å². The Balaban J connectivity index is 1.83. The minimum atomic E-state index is -0.976. The van der Waals surface area contributed by atoms with Crippen LogP contribution in [0, 0.1) is 17.8 Å². The van der Waals surface area contributed by atoms with Gasteiger partial charge in [0.1, 0.15) is 11.6 Å². The number of nitrogens with one attached hydrogen (secondary N) is 1. The van der Waals surface area contributed by atoms with E-state index in [4.69, 9.17) is 4.74 Å². The first-order valence-corrected chi connectivity index (χ1v) is 7.00. The molecule has 1 unspecified atom stereocenters. The summed E-state index contributed by atoms with van der Waals surface area (Å²) in [5, 5.41) is 11.7. The van der Waals surface area contributed by atoms with E-state index < -0.39 is 23.7 Å². The summed E-state index contributed by atoms with van der Waals surface area (Å²) in [6.45, 7) is 5.27. The molecule has 0 radical (unpaired) electrons. The Morgan fingerprint density at radius 1 is 1.32 bits per heavy atom. The van der Waals surface area contributed by atoms with Gasteiger partial charge in [-0.25, -0.2) is 9.59 Å². The first-order chi connectivity index (χ1) is 8.78. The molecule has 0 heterocycles. The molecule has 2 fully saturated rings. The summed E-state index contributed by atoms with van der Waals surface area (Å²) in [6.07, 6.45) is 3.58. The lowest BCUT2D eigenvalue weighted by atomic mass is 10.0. The maximum absolute atomic E-state index is 11.6. The number of hydrogen-bond donors (Lipinski definition) is 2. The minimum absolute atomic E-state index is 0.477. The molecule has 2 N–H and O–H groups in total. The smallest absolute Gasteiger partial charge is 0.408 e. The minimum Gasteiger partial charge on any atom is -0.480 e. The van der Waals surface area contributed by atoms with E-state index in [-0.39, 0.29) is 0 Å². The Morgan fingerprint density at radius 2 is 1.89 bits per heavy atom. The average molecular weight is 269 g/mol. The largest absolute Gasteiger partial charge is 0.480 e. The van der Waals surface area contributed by atoms with Crippen LogP contribution in [0.1, 0.15) is 46.5 Å². The van der Waals surface area contributed by atoms with Crippen molar-refractivity contribution in [2.24, 2.45) is 17.8 Å². The monoisotopic (exact) mass is 269 g/mol. The van der Waals surface area contributed by atoms with Gasteiger partial charge in [-0.1, -0.05) is 6.42 Å². The lowest BCUT2D eigenvalue weighted by molar-refractivity contribution is -0.139. The Bertz CT molecular complexity index is 364. The number of ether oxygens (including phenoxy) is 1. The van der Waals surface area contributed by atoms with Crippen LogP contribution in [-0.2, 0) is 9.53 Å². The Morgan fingerprint density at radius 3 is 2.37 bits per heavy atom. The van der Waals surface area contributed by atoms with Crippen LogP contribution < -0.4 is 5.32 Å². The van der Waals surface area contributed by atoms with Crippen molar-refractivity contribution >= 4 is 12.1 Å². The molecule has 0 aromatic heterocycles. The molecule has 0 bridgehead atoms. The number of amides is 1. The van der Waals surface area contributed by atoms with Gasteiger partial charge in [0.15, 0.2) is 0 Å². The highest BCUT2D eigenvalue weighted by atomic mass is 16.6. The van der Waals surface area contributed by atoms with Crippen LogP contribution in [0.15, 0.2) is 0 Å². The van der Waals surface area contributed by atoms with Gasteiger partial charge in [-0.2, -0.15) is 0 Å². The Labute approximate surface area is 113 Å². The number of carboxylic acid groups (broad SMARTS) is 1. The predicted octanol–water partition coefficient (Wildman–Crippen LogP) is 2.40. The normalized spacial score (nSPS) is 30.4. The molecule has 2 aliphatic rings. The molecule has 2 rings (SSSR count). The molecule has 108 valence electrons. The molecule has 2 saturated carbocycles. The molecular weight excluding hydrogens is 246 g/mol. The number of carboxylic acids is 1. The molecule has 0 saturated heterocycles. The van der Waals surface area contributed by atoms with Crippen molar-refractivity contribution in [2.45, 2.75) is 58.1 Å². The van der Waals surface area contributed by atoms with Crippen LogP contribution in [0.4, 0.5) is 4.79 Å². The number of alkyl carbamates (subject to hydrolysis) is 1. The van der Waals surface area contributed by atoms with Crippen LogP contribution in [0.5, 0.6) is 0 Å². The van der Waals surface area contributed by atoms with Crippen LogP contribution in [0.3, 0.4) is 0 Å². The van der Waals surface area contributed by atoms with Crippen molar-refractivity contribution < 1.29 is 19.4 Å². The highest BCUT2D eigenvalue weighted by Crippen LogP contribution is 2.59. The molecule has 5 nitrogen and oxygen atoms in total. The van der Waals surface area contributed by atoms with Gasteiger partial charge in [-0.15, -0.1) is 0 Å². The lowest BCUT2D eigenvalue weighted by Gasteiger charge is -2.22. The molecule has 0 aromatic rings. The Hall–Kier alpha value is -1.26. The highest BCUT2D eigenvalue weighted by molar-refractivity contribution is 5.80. The van der Waals surface area contributed by atoms with E-state index in [0.717, 1.165) is 0 Å². The summed E-state index contributed by atoms with van der Waals surface area (Å²) in [5.41, 5.74) is -0.608. The van der Waals surface area contributed by atoms with Gasteiger partial charge >= 0.3 is 12.1 Å². The summed E-state index contributed by atoms with van der Waals surface area (Å²) in [7, 11) is 0. The first kappa shape index (κ1) is 14.2. The van der Waals surface area contributed by atoms with Gasteiger partial charge in [-0.05, 0) is 57.8 Å². The van der Waals surface area contributed by atoms with E-state index in [1.165, 1.54) is 19.3 Å². The van der Waals surface area contributed by atoms with E-state index in [1.807, 2.05) is 0 Å². The second-order valence-corrected chi connectivity index (χ2v) is 6.70. The van der Waals surface area contributed by atoms with Crippen molar-refractivity contribution in [2.75, 3.05) is 0 Å². The molecule has 2 aliphatic carbocycles. The van der Waals surface area contributed by atoms with Gasteiger partial charge in [0.2, 0.25) is 0 Å². The summed E-state index contributed by atoms with van der Waals surface area (Å²) in [6, 6.07) is -0.828. The molecule has 0 spiro atoms. The molecule has 5 heteroatoms. The molecule has 0 aromatic carbocycles. The zero-order chi connectivity index (χ0) is 14.2. The average Bonchev–Trinajstić information content (AvgIpc) is 2.70. The van der Waals surface area contributed by atoms with Crippen LogP contribution >= 0.6 is 0 Å². The van der Waals surface area contributed by atoms with Gasteiger partial charge in [-0.3, -0.25) is 0 Å². The summed E-state index contributed by atoms with van der Waals surface area (Å²) >= 11 is 0. The lowest BCUT2D eigenvalue weighted by Crippen LogP contribution is -2.43. The maximum Gasteiger partial charge on any atom is 0.408 e. The van der Waals surface area contributed by atoms with Crippen LogP contribution in [0.2, 0.25) is 0 Å². The zero-order valence-corrected chi connectivity index (χ0v) is 11.8. The highest BCUT2D eigenvalue weighted by Gasteiger charge is 2.53. The van der Waals surface area contributed by atoms with Crippen molar-refractivity contribution in [1.29, 1.82) is 0 Å². The fourth-order valence-electron chi connectivity index (χ4n) is 3.26. The second kappa shape index (κ2) is 5.02. The number of hydrogen-bond acceptors (Lipinski definition) is 3. The van der Waals surface area contributed by atoms with Crippen molar-refractivity contribution in [1.82, 2.24) is 5.32 Å². The van der Waals surface area contributed by atoms with E-state index in [2.05, 4.69) is 5.32 Å². The van der Waals surface area contributed by atoms with E-state index in [9.17, 15) is 14.7 Å². The SMILES string of the molecule is CC(C)(C)OC(=O)N[C@@H](CC1[C@H]2CCC[C@@H]12)C(=O)O. The Kier molecular flexibility index (Phi) is 3.74. The van der Waals surface area contributed by atoms with Gasteiger partial charge in [0.05, 0.1) is 0 Å². The molecule has 19 heavy (non-hydrogen) atoms. The fraction of sp³-hybridized carbons (Fsp3) is 0.857. The molecule has 4 atom stereocenters. The predicted molar refractivity (Wildman–Crippen MR) is 69.7 cm³/mol. The van der Waals surface area contributed by atoms with Gasteiger partial charge in [0, 0.05) is 0 Å². The van der Waals surface area contributed by atoms with Crippen LogP contribution in [0.25, 0.3) is 0 Å². The second-order valence-electron chi connectivity index (χ2n) is 6.70. The van der Waals surface area contributed by atoms with Gasteiger partial charge < -0.3 is 15.2 Å². The van der Waals surface area contributed by atoms with E-state index in [0.29, 0.717) is 24.2 Å². The molecule has 1 amide bonds. The number of aliphatic carboxylic acids is 1. The summed E-state index contributed by atoms with van der Waals surface area (Å²) in [5.74, 6) is 0.894. The standard InChI is InChI=1S/C14H23NO4/c1-14(2,3)19-13(18)15-11(12(16)17)7-10-8-5-4-6-9(8)10/h8-11H,4-7H2,1-3H3,(H,15,18)(H,16,17)/t8-,9+,10?,11-/m0/s1. The molecule has 0 aliphatic heterocycles. The summed E-state index contributed by atoms with van der Waals surface area (Å²) in [4.78, 5) is 22.8. The quantitative estimate of drug-likeness (QED) is 0.821. The zero-order valence-electron chi connectivity index (χ0n) is 11.8. The van der Waals surface area contributed by atoms with E-state index in [1.54, 1.807) is 20.8 Å². The van der Waals surface area contributed by atoms with Crippen molar-refractivity contribution in [3.8, 4) is 0 Å². The van der Waals surface area contributed by atoms with Crippen LogP contribution in [-0.4, -0.2) is 28.8 Å². The third-order valence-corrected chi connectivity index (χ3v) is 4.08. The topological polar surface area (TPSA) is 75.6 Å². The molecular formula is C14H23NO4. The number of carbonyl (C=O) groups is 2. The number of carbonyl (C=O) groups excluding carboxylic acids is 1. The maximum atomic E-state index is 11.6. The summed E-state index contributed by atoms with van der Waals surface area (Å²) < 4.78 is 5.10. The third kappa shape index (κ3) is 3.61. The number of fused-ring (bicyclic) bond motifs is 1. The van der Waals surface area contributed by atoms with Crippen molar-refractivity contribution in [3.05, 3.63) is 0 Å². The van der Waals surface area contributed by atoms with Crippen molar-refractivity contribution in [3.63, 3.8) is 0 Å². The first-order valence-electron chi connectivity index (χ1n) is 7.00. The third-order valence-electron chi connectivity index (χ3n) is 4.08. The fourth-order valence-corrected chi connectivity index (χ4v) is 3.26.